The Morgan fingerprint density at radius 1 is 1.06 bits per heavy atom. The number of halogens is 1. The van der Waals surface area contributed by atoms with Crippen LogP contribution in [0.4, 0.5) is 10.5 Å². The summed E-state index contributed by atoms with van der Waals surface area (Å²) in [5, 5.41) is 6.74. The molecule has 0 spiro atoms. The number of carbonyl (C=O) groups is 2. The van der Waals surface area contributed by atoms with Crippen LogP contribution in [0.2, 0.25) is 5.02 Å². The Balaban J connectivity index is 1.72. The predicted molar refractivity (Wildman–Crippen MR) is 124 cm³/mol. The van der Waals surface area contributed by atoms with Crippen molar-refractivity contribution in [2.75, 3.05) is 25.5 Å². The molecule has 0 saturated heterocycles. The van der Waals surface area contributed by atoms with Crippen molar-refractivity contribution < 1.29 is 14.3 Å². The Labute approximate surface area is 188 Å². The van der Waals surface area contributed by atoms with Gasteiger partial charge in [0.25, 0.3) is 5.91 Å². The molecule has 0 aliphatic carbocycles. The fraction of sp³-hybridized carbons (Fsp3) is 0.417. The molecule has 2 amide bonds. The van der Waals surface area contributed by atoms with Gasteiger partial charge in [-0.3, -0.25) is 4.79 Å². The van der Waals surface area contributed by atoms with Gasteiger partial charge in [-0.15, -0.1) is 0 Å². The fourth-order valence-corrected chi connectivity index (χ4v) is 3.85. The van der Waals surface area contributed by atoms with Crippen molar-refractivity contribution >= 4 is 29.3 Å². The lowest BCUT2D eigenvalue weighted by molar-refractivity contribution is 0.0258. The molecule has 1 aliphatic heterocycles. The smallest absolute Gasteiger partial charge is 0.410 e. The molecule has 6 nitrogen and oxygen atoms in total. The number of benzene rings is 2. The number of hydrogen-bond acceptors (Lipinski definition) is 4. The molecule has 0 radical (unpaired) electrons. The Bertz CT molecular complexity index is 952. The van der Waals surface area contributed by atoms with Crippen molar-refractivity contribution in [1.29, 1.82) is 0 Å². The van der Waals surface area contributed by atoms with Gasteiger partial charge < -0.3 is 20.3 Å². The van der Waals surface area contributed by atoms with E-state index in [2.05, 4.69) is 10.6 Å². The first kappa shape index (κ1) is 22.9. The second kappa shape index (κ2) is 9.60. The molecule has 1 heterocycles. The first-order valence-electron chi connectivity index (χ1n) is 10.5. The fourth-order valence-electron chi connectivity index (χ4n) is 3.61. The summed E-state index contributed by atoms with van der Waals surface area (Å²) in [4.78, 5) is 26.0. The van der Waals surface area contributed by atoms with Gasteiger partial charge in [0.2, 0.25) is 0 Å². The lowest BCUT2D eigenvalue weighted by atomic mass is 10.0. The number of nitrogens with zero attached hydrogens (tertiary/aromatic N) is 1. The molecule has 0 saturated carbocycles. The summed E-state index contributed by atoms with van der Waals surface area (Å²) in [5.74, 6) is -0.106. The van der Waals surface area contributed by atoms with Crippen LogP contribution in [-0.4, -0.2) is 42.6 Å². The van der Waals surface area contributed by atoms with Crippen molar-refractivity contribution in [3.63, 3.8) is 0 Å². The van der Waals surface area contributed by atoms with Crippen molar-refractivity contribution in [2.24, 2.45) is 0 Å². The molecule has 2 aromatic rings. The van der Waals surface area contributed by atoms with E-state index in [4.69, 9.17) is 16.3 Å². The number of anilines is 1. The van der Waals surface area contributed by atoms with E-state index in [1.54, 1.807) is 11.9 Å². The summed E-state index contributed by atoms with van der Waals surface area (Å²) < 4.78 is 5.54. The molecule has 0 atom stereocenters. The minimum atomic E-state index is -0.514. The molecule has 0 bridgehead atoms. The van der Waals surface area contributed by atoms with Crippen molar-refractivity contribution in [2.45, 2.75) is 45.8 Å². The molecule has 7 heteroatoms. The van der Waals surface area contributed by atoms with Crippen molar-refractivity contribution in [1.82, 2.24) is 10.2 Å². The van der Waals surface area contributed by atoms with E-state index in [-0.39, 0.29) is 12.0 Å². The molecule has 166 valence electrons. The predicted octanol–water partition coefficient (Wildman–Crippen LogP) is 4.65. The van der Waals surface area contributed by atoms with Crippen molar-refractivity contribution in [3.8, 4) is 0 Å². The van der Waals surface area contributed by atoms with Gasteiger partial charge in [0.15, 0.2) is 0 Å². The second-order valence-electron chi connectivity index (χ2n) is 8.66. The number of carbonyl (C=O) groups excluding carboxylic acids is 2. The first-order chi connectivity index (χ1) is 14.7. The molecule has 0 aromatic heterocycles. The number of rotatable bonds is 4. The lowest BCUT2D eigenvalue weighted by Gasteiger charge is -2.26. The van der Waals surface area contributed by atoms with Gasteiger partial charge in [0.1, 0.15) is 5.60 Å². The maximum atomic E-state index is 12.5. The molecule has 0 fully saturated rings. The van der Waals surface area contributed by atoms with Gasteiger partial charge in [-0.05, 0) is 68.5 Å². The summed E-state index contributed by atoms with van der Waals surface area (Å²) in [6.07, 6.45) is 1.17. The third-order valence-electron chi connectivity index (χ3n) is 5.21. The van der Waals surface area contributed by atoms with Crippen LogP contribution in [0, 0.1) is 0 Å². The van der Waals surface area contributed by atoms with Gasteiger partial charge in [-0.2, -0.15) is 0 Å². The van der Waals surface area contributed by atoms with Gasteiger partial charge in [0, 0.05) is 32.2 Å². The number of fused-ring (bicyclic) bond motifs is 1. The molecule has 2 N–H and O–H groups in total. The third kappa shape index (κ3) is 5.91. The van der Waals surface area contributed by atoms with Crippen LogP contribution in [0.3, 0.4) is 0 Å². The maximum absolute atomic E-state index is 12.5. The molecule has 1 aliphatic rings. The summed E-state index contributed by atoms with van der Waals surface area (Å²) in [6, 6.07) is 11.4. The summed E-state index contributed by atoms with van der Waals surface area (Å²) >= 11 is 6.53. The summed E-state index contributed by atoms with van der Waals surface area (Å²) in [7, 11) is 1.62. The number of ether oxygens (including phenoxy) is 1. The monoisotopic (exact) mass is 443 g/mol. The van der Waals surface area contributed by atoms with Crippen molar-refractivity contribution in [3.05, 3.63) is 63.7 Å². The molecular formula is C24H30ClN3O3. The van der Waals surface area contributed by atoms with Crippen LogP contribution in [0.1, 0.15) is 47.8 Å². The number of amides is 2. The highest BCUT2D eigenvalue weighted by Gasteiger charge is 2.25. The zero-order valence-corrected chi connectivity index (χ0v) is 19.3. The number of nitrogens with one attached hydrogen (secondary N) is 2. The average Bonchev–Trinajstić information content (AvgIpc) is 2.94. The topological polar surface area (TPSA) is 70.7 Å². The van der Waals surface area contributed by atoms with Gasteiger partial charge in [-0.25, -0.2) is 4.79 Å². The highest BCUT2D eigenvalue weighted by Crippen LogP contribution is 2.32. The molecule has 0 unspecified atom stereocenters. The van der Waals surface area contributed by atoms with Crippen LogP contribution in [0.5, 0.6) is 0 Å². The van der Waals surface area contributed by atoms with Gasteiger partial charge >= 0.3 is 6.09 Å². The first-order valence-corrected chi connectivity index (χ1v) is 10.9. The van der Waals surface area contributed by atoms with Crippen LogP contribution < -0.4 is 10.6 Å². The van der Waals surface area contributed by atoms with E-state index in [1.165, 1.54) is 5.56 Å². The zero-order valence-electron chi connectivity index (χ0n) is 18.5. The SMILES string of the molecule is CNC(=O)c1ccc(CNc2c(Cl)ccc3c2CCN(C(=O)OC(C)(C)C)CC3)cc1. The van der Waals surface area contributed by atoms with Crippen LogP contribution in [-0.2, 0) is 24.1 Å². The van der Waals surface area contributed by atoms with E-state index < -0.39 is 5.60 Å². The highest BCUT2D eigenvalue weighted by molar-refractivity contribution is 6.33. The zero-order chi connectivity index (χ0) is 22.6. The molecule has 3 rings (SSSR count). The lowest BCUT2D eigenvalue weighted by Crippen LogP contribution is -2.38. The van der Waals surface area contributed by atoms with E-state index in [1.807, 2.05) is 57.2 Å². The van der Waals surface area contributed by atoms with E-state index in [0.717, 1.165) is 23.2 Å². The second-order valence-corrected chi connectivity index (χ2v) is 9.06. The van der Waals surface area contributed by atoms with Crippen LogP contribution in [0.15, 0.2) is 36.4 Å². The Morgan fingerprint density at radius 2 is 1.74 bits per heavy atom. The van der Waals surface area contributed by atoms with E-state index in [0.29, 0.717) is 36.6 Å². The highest BCUT2D eigenvalue weighted by atomic mass is 35.5. The Morgan fingerprint density at radius 3 is 2.39 bits per heavy atom. The molecule has 31 heavy (non-hydrogen) atoms. The molecular weight excluding hydrogens is 414 g/mol. The maximum Gasteiger partial charge on any atom is 0.410 e. The van der Waals surface area contributed by atoms with Crippen LogP contribution in [0.25, 0.3) is 0 Å². The Hall–Kier alpha value is -2.73. The van der Waals surface area contributed by atoms with E-state index >= 15 is 0 Å². The standard InChI is InChI=1S/C24H30ClN3O3/c1-24(2,3)31-23(30)28-13-11-17-9-10-20(25)21(19(17)12-14-28)27-15-16-5-7-18(8-6-16)22(29)26-4/h5-10,27H,11-15H2,1-4H3,(H,26,29). The quantitative estimate of drug-likeness (QED) is 0.721. The third-order valence-corrected chi connectivity index (χ3v) is 5.52. The van der Waals surface area contributed by atoms with E-state index in [9.17, 15) is 9.59 Å². The Kier molecular flexibility index (Phi) is 7.11. The largest absolute Gasteiger partial charge is 0.444 e. The molecule has 2 aromatic carbocycles. The van der Waals surface area contributed by atoms with Crippen LogP contribution >= 0.6 is 11.6 Å². The summed E-state index contributed by atoms with van der Waals surface area (Å²) in [5.41, 5.74) is 4.39. The number of hydrogen-bond donors (Lipinski definition) is 2. The van der Waals surface area contributed by atoms with Gasteiger partial charge in [0.05, 0.1) is 10.7 Å². The van der Waals surface area contributed by atoms with Gasteiger partial charge in [-0.1, -0.05) is 29.8 Å². The normalized spacial score (nSPS) is 13.8. The minimum absolute atomic E-state index is 0.106. The summed E-state index contributed by atoms with van der Waals surface area (Å²) in [6.45, 7) is 7.41. The minimum Gasteiger partial charge on any atom is -0.444 e. The average molecular weight is 444 g/mol.